The Morgan fingerprint density at radius 3 is 2.29 bits per heavy atom. The van der Waals surface area contributed by atoms with E-state index in [9.17, 15) is 22.8 Å². The minimum Gasteiger partial charge on any atom is -0.368 e. The molecular formula is C19H19F3N4O2. The number of benzene rings is 2. The maximum Gasteiger partial charge on any atom is 0.416 e. The lowest BCUT2D eigenvalue weighted by Gasteiger charge is -2.36. The number of urea groups is 1. The second kappa shape index (κ2) is 7.79. The third-order valence-corrected chi connectivity index (χ3v) is 4.48. The standard InChI is InChI=1S/C19H19F3N4O2/c20-19(21,22)14-4-2-6-16(12-14)25-7-9-26(10-8-25)17(27)13-3-1-5-15(11-13)24-18(23)28/h1-6,11-12H,7-10H2,(H3,23,24,28). The van der Waals surface area contributed by atoms with Crippen LogP contribution >= 0.6 is 0 Å². The highest BCUT2D eigenvalue weighted by atomic mass is 19.4. The van der Waals surface area contributed by atoms with Gasteiger partial charge in [-0.3, -0.25) is 4.79 Å². The van der Waals surface area contributed by atoms with E-state index < -0.39 is 17.8 Å². The van der Waals surface area contributed by atoms with Crippen molar-refractivity contribution in [1.82, 2.24) is 4.90 Å². The molecule has 6 nitrogen and oxygen atoms in total. The molecule has 3 N–H and O–H groups in total. The summed E-state index contributed by atoms with van der Waals surface area (Å²) in [7, 11) is 0. The molecule has 0 bridgehead atoms. The molecule has 0 unspecified atom stereocenters. The number of carbonyl (C=O) groups excluding carboxylic acids is 2. The molecule has 3 amide bonds. The monoisotopic (exact) mass is 392 g/mol. The molecule has 2 aromatic carbocycles. The summed E-state index contributed by atoms with van der Waals surface area (Å²) in [6, 6.07) is 10.9. The number of anilines is 2. The minimum atomic E-state index is -4.39. The molecule has 0 aromatic heterocycles. The highest BCUT2D eigenvalue weighted by Crippen LogP contribution is 2.32. The van der Waals surface area contributed by atoms with Crippen molar-refractivity contribution in [2.75, 3.05) is 36.4 Å². The predicted octanol–water partition coefficient (Wildman–Crippen LogP) is 3.16. The number of nitrogens with zero attached hydrogens (tertiary/aromatic N) is 2. The third-order valence-electron chi connectivity index (χ3n) is 4.48. The topological polar surface area (TPSA) is 78.7 Å². The Morgan fingerprint density at radius 1 is 0.964 bits per heavy atom. The Kier molecular flexibility index (Phi) is 5.43. The van der Waals surface area contributed by atoms with Gasteiger partial charge in [0.2, 0.25) is 0 Å². The van der Waals surface area contributed by atoms with Crippen molar-refractivity contribution in [2.45, 2.75) is 6.18 Å². The number of carbonyl (C=O) groups is 2. The van der Waals surface area contributed by atoms with Gasteiger partial charge >= 0.3 is 12.2 Å². The number of amides is 3. The molecule has 0 saturated carbocycles. The Hall–Kier alpha value is -3.23. The van der Waals surface area contributed by atoms with Crippen LogP contribution < -0.4 is 16.0 Å². The number of nitrogens with one attached hydrogen (secondary N) is 1. The molecule has 3 rings (SSSR count). The average Bonchev–Trinajstić information content (AvgIpc) is 2.67. The number of alkyl halides is 3. The highest BCUT2D eigenvalue weighted by Gasteiger charge is 2.31. The molecular weight excluding hydrogens is 373 g/mol. The Morgan fingerprint density at radius 2 is 1.64 bits per heavy atom. The number of rotatable bonds is 3. The summed E-state index contributed by atoms with van der Waals surface area (Å²) in [5, 5.41) is 2.42. The van der Waals surface area contributed by atoms with Crippen LogP contribution in [0.3, 0.4) is 0 Å². The lowest BCUT2D eigenvalue weighted by atomic mass is 10.1. The fraction of sp³-hybridized carbons (Fsp3) is 0.263. The molecule has 0 atom stereocenters. The van der Waals surface area contributed by atoms with Crippen LogP contribution in [0.15, 0.2) is 48.5 Å². The smallest absolute Gasteiger partial charge is 0.368 e. The first-order valence-corrected chi connectivity index (χ1v) is 8.62. The number of piperazine rings is 1. The number of nitrogens with two attached hydrogens (primary N) is 1. The Bertz CT molecular complexity index is 877. The summed E-state index contributed by atoms with van der Waals surface area (Å²) in [4.78, 5) is 27.1. The summed E-state index contributed by atoms with van der Waals surface area (Å²) in [6.07, 6.45) is -4.39. The van der Waals surface area contributed by atoms with Crippen molar-refractivity contribution >= 4 is 23.3 Å². The second-order valence-electron chi connectivity index (χ2n) is 6.40. The molecule has 9 heteroatoms. The molecule has 1 saturated heterocycles. The van der Waals surface area contributed by atoms with Gasteiger partial charge in [0.15, 0.2) is 0 Å². The van der Waals surface area contributed by atoms with E-state index in [1.54, 1.807) is 29.2 Å². The van der Waals surface area contributed by atoms with E-state index in [-0.39, 0.29) is 5.91 Å². The van der Waals surface area contributed by atoms with Gasteiger partial charge in [0, 0.05) is 43.1 Å². The predicted molar refractivity (Wildman–Crippen MR) is 99.2 cm³/mol. The van der Waals surface area contributed by atoms with Crippen molar-refractivity contribution in [3.63, 3.8) is 0 Å². The van der Waals surface area contributed by atoms with Crippen LogP contribution in [0.1, 0.15) is 15.9 Å². The van der Waals surface area contributed by atoms with Crippen LogP contribution in [0.2, 0.25) is 0 Å². The van der Waals surface area contributed by atoms with Gasteiger partial charge in [-0.1, -0.05) is 12.1 Å². The SMILES string of the molecule is NC(=O)Nc1cccc(C(=O)N2CCN(c3cccc(C(F)(F)F)c3)CC2)c1. The first kappa shape index (κ1) is 19.5. The molecule has 0 radical (unpaired) electrons. The van der Waals surface area contributed by atoms with Gasteiger partial charge in [-0.05, 0) is 36.4 Å². The number of halogens is 3. The largest absolute Gasteiger partial charge is 0.416 e. The van der Waals surface area contributed by atoms with Gasteiger partial charge in [0.25, 0.3) is 5.91 Å². The molecule has 1 aliphatic heterocycles. The quantitative estimate of drug-likeness (QED) is 0.842. The molecule has 1 aliphatic rings. The van der Waals surface area contributed by atoms with Crippen LogP contribution in [-0.2, 0) is 6.18 Å². The molecule has 2 aromatic rings. The number of hydrogen-bond acceptors (Lipinski definition) is 3. The maximum atomic E-state index is 12.9. The van der Waals surface area contributed by atoms with Crippen molar-refractivity contribution in [2.24, 2.45) is 5.73 Å². The normalized spacial score (nSPS) is 14.7. The molecule has 148 valence electrons. The summed E-state index contributed by atoms with van der Waals surface area (Å²) < 4.78 is 38.7. The van der Waals surface area contributed by atoms with Gasteiger partial charge < -0.3 is 20.9 Å². The van der Waals surface area contributed by atoms with Crippen LogP contribution in [0.25, 0.3) is 0 Å². The number of hydrogen-bond donors (Lipinski definition) is 2. The molecule has 0 aliphatic carbocycles. The van der Waals surface area contributed by atoms with Gasteiger partial charge in [0.1, 0.15) is 0 Å². The van der Waals surface area contributed by atoms with Gasteiger partial charge in [0.05, 0.1) is 5.56 Å². The van der Waals surface area contributed by atoms with Crippen LogP contribution in [0.4, 0.5) is 29.3 Å². The van der Waals surface area contributed by atoms with E-state index in [0.717, 1.165) is 12.1 Å². The van der Waals surface area contributed by atoms with Crippen LogP contribution in [-0.4, -0.2) is 43.0 Å². The highest BCUT2D eigenvalue weighted by molar-refractivity contribution is 5.96. The number of primary amides is 1. The molecule has 1 fully saturated rings. The molecule has 1 heterocycles. The van der Waals surface area contributed by atoms with Crippen molar-refractivity contribution in [3.05, 3.63) is 59.7 Å². The summed E-state index contributed by atoms with van der Waals surface area (Å²) in [5.41, 5.74) is 5.69. The van der Waals surface area contributed by atoms with E-state index >= 15 is 0 Å². The fourth-order valence-electron chi connectivity index (χ4n) is 3.10. The van der Waals surface area contributed by atoms with Gasteiger partial charge in [-0.2, -0.15) is 13.2 Å². The zero-order valence-corrected chi connectivity index (χ0v) is 14.9. The Labute approximate surface area is 159 Å². The van der Waals surface area contributed by atoms with E-state index in [2.05, 4.69) is 5.32 Å². The lowest BCUT2D eigenvalue weighted by molar-refractivity contribution is -0.137. The van der Waals surface area contributed by atoms with E-state index in [4.69, 9.17) is 5.73 Å². The van der Waals surface area contributed by atoms with E-state index in [1.165, 1.54) is 12.1 Å². The maximum absolute atomic E-state index is 12.9. The van der Waals surface area contributed by atoms with Gasteiger partial charge in [-0.25, -0.2) is 4.79 Å². The third kappa shape index (κ3) is 4.54. The summed E-state index contributed by atoms with van der Waals surface area (Å²) >= 11 is 0. The summed E-state index contributed by atoms with van der Waals surface area (Å²) in [5.74, 6) is -0.211. The lowest BCUT2D eigenvalue weighted by Crippen LogP contribution is -2.48. The van der Waals surface area contributed by atoms with Crippen LogP contribution in [0.5, 0.6) is 0 Å². The van der Waals surface area contributed by atoms with Crippen molar-refractivity contribution < 1.29 is 22.8 Å². The Balaban J connectivity index is 1.65. The van der Waals surface area contributed by atoms with Crippen molar-refractivity contribution in [3.8, 4) is 0 Å². The molecule has 28 heavy (non-hydrogen) atoms. The second-order valence-corrected chi connectivity index (χ2v) is 6.40. The minimum absolute atomic E-state index is 0.211. The van der Waals surface area contributed by atoms with Crippen LogP contribution in [0, 0.1) is 0 Å². The zero-order chi connectivity index (χ0) is 20.3. The first-order valence-electron chi connectivity index (χ1n) is 8.62. The van der Waals surface area contributed by atoms with Gasteiger partial charge in [-0.15, -0.1) is 0 Å². The first-order chi connectivity index (χ1) is 13.2. The van der Waals surface area contributed by atoms with E-state index in [0.29, 0.717) is 43.1 Å². The fourth-order valence-corrected chi connectivity index (χ4v) is 3.10. The van der Waals surface area contributed by atoms with E-state index in [1.807, 2.05) is 4.90 Å². The average molecular weight is 392 g/mol. The zero-order valence-electron chi connectivity index (χ0n) is 14.9. The summed E-state index contributed by atoms with van der Waals surface area (Å²) in [6.45, 7) is 1.60. The molecule has 0 spiro atoms. The van der Waals surface area contributed by atoms with Crippen molar-refractivity contribution in [1.29, 1.82) is 0 Å².